The number of nitrogen functional groups attached to an aromatic ring is 1. The molecule has 0 bridgehead atoms. The highest BCUT2D eigenvalue weighted by Gasteiger charge is 2.60. The molecule has 0 spiro atoms. The van der Waals surface area contributed by atoms with Crippen molar-refractivity contribution >= 4 is 23.3 Å². The lowest BCUT2D eigenvalue weighted by Crippen LogP contribution is -2.39. The monoisotopic (exact) mass is 287 g/mol. The van der Waals surface area contributed by atoms with E-state index in [0.29, 0.717) is 6.42 Å². The van der Waals surface area contributed by atoms with Gasteiger partial charge >= 0.3 is 0 Å². The first kappa shape index (κ1) is 12.5. The highest BCUT2D eigenvalue weighted by molar-refractivity contribution is 6.31. The van der Waals surface area contributed by atoms with Gasteiger partial charge in [0.1, 0.15) is 24.1 Å². The smallest absolute Gasteiger partial charge is 0.283 e. The van der Waals surface area contributed by atoms with Crippen LogP contribution < -0.4 is 11.5 Å². The summed E-state index contributed by atoms with van der Waals surface area (Å²) in [6, 6.07) is 2.51. The number of nitrogens with zero attached hydrogens (tertiary/aromatic N) is 1. The Morgan fingerprint density at radius 1 is 1.47 bits per heavy atom. The number of aliphatic imine (C=N–C) groups is 1. The van der Waals surface area contributed by atoms with E-state index in [0.717, 1.165) is 0 Å². The number of ether oxygens (including phenoxy) is 1. The number of hydrogen-bond acceptors (Lipinski definition) is 4. The summed E-state index contributed by atoms with van der Waals surface area (Å²) < 4.78 is 33.1. The molecule has 3 atom stereocenters. The molecule has 19 heavy (non-hydrogen) atoms. The molecule has 1 aliphatic carbocycles. The first-order valence-corrected chi connectivity index (χ1v) is 6.18. The van der Waals surface area contributed by atoms with Crippen LogP contribution in [0.3, 0.4) is 0 Å². The molecule has 1 fully saturated rings. The number of fused-ring (bicyclic) bond motifs is 1. The molecule has 4 N–H and O–H groups in total. The average Bonchev–Trinajstić information content (AvgIpc) is 3.12. The van der Waals surface area contributed by atoms with E-state index in [1.165, 1.54) is 12.1 Å². The number of nitrogens with two attached hydrogens (primary N) is 2. The van der Waals surface area contributed by atoms with E-state index in [2.05, 4.69) is 4.99 Å². The van der Waals surface area contributed by atoms with E-state index in [-0.39, 0.29) is 34.3 Å². The fourth-order valence-electron chi connectivity index (χ4n) is 2.65. The summed E-state index contributed by atoms with van der Waals surface area (Å²) in [5.41, 5.74) is 10.1. The van der Waals surface area contributed by atoms with Crippen LogP contribution in [0.15, 0.2) is 17.1 Å². The Morgan fingerprint density at radius 2 is 2.21 bits per heavy atom. The fourth-order valence-corrected chi connectivity index (χ4v) is 2.88. The van der Waals surface area contributed by atoms with Gasteiger partial charge in [0.05, 0.1) is 5.02 Å². The minimum atomic E-state index is -1.38. The largest absolute Gasteiger partial charge is 0.462 e. The Labute approximate surface area is 113 Å². The number of anilines is 1. The lowest BCUT2D eigenvalue weighted by Gasteiger charge is -2.31. The van der Waals surface area contributed by atoms with Crippen molar-refractivity contribution in [3.8, 4) is 0 Å². The molecule has 2 aliphatic rings. The van der Waals surface area contributed by atoms with E-state index in [1.807, 2.05) is 0 Å². The lowest BCUT2D eigenvalue weighted by atomic mass is 9.85. The number of halogens is 3. The van der Waals surface area contributed by atoms with Gasteiger partial charge in [0.25, 0.3) is 6.02 Å². The molecule has 3 rings (SSSR count). The molecule has 1 aromatic rings. The first-order chi connectivity index (χ1) is 8.98. The van der Waals surface area contributed by atoms with Crippen LogP contribution in [0, 0.1) is 11.7 Å². The second-order valence-electron chi connectivity index (χ2n) is 4.87. The zero-order valence-electron chi connectivity index (χ0n) is 9.87. The number of amidine groups is 1. The molecule has 0 aromatic heterocycles. The predicted octanol–water partition coefficient (Wildman–Crippen LogP) is 1.96. The SMILES string of the molecule is NC1=N[C@](CF)(c2cc(N)cc(Cl)c2F)[C@H]2CC2O1. The van der Waals surface area contributed by atoms with Crippen molar-refractivity contribution in [2.24, 2.45) is 16.6 Å². The summed E-state index contributed by atoms with van der Waals surface area (Å²) in [5, 5.41) is -0.153. The summed E-state index contributed by atoms with van der Waals surface area (Å²) in [6.07, 6.45) is 0.368. The molecule has 102 valence electrons. The standard InChI is InChI=1S/C12H12ClF2N3O/c13-8-2-5(16)1-7(10(8)15)12(4-14)6-3-9(6)19-11(17)18-12/h1-2,6,9H,3-4,16H2,(H2,17,18)/t6-,9?,12-/m0/s1. The van der Waals surface area contributed by atoms with Gasteiger partial charge in [-0.25, -0.2) is 13.8 Å². The third-order valence-electron chi connectivity index (χ3n) is 3.65. The Bertz CT molecular complexity index is 580. The Morgan fingerprint density at radius 3 is 2.89 bits per heavy atom. The minimum Gasteiger partial charge on any atom is -0.462 e. The van der Waals surface area contributed by atoms with Crippen molar-refractivity contribution in [2.45, 2.75) is 18.1 Å². The first-order valence-electron chi connectivity index (χ1n) is 5.81. The molecule has 4 nitrogen and oxygen atoms in total. The minimum absolute atomic E-state index is 0.0405. The van der Waals surface area contributed by atoms with Crippen molar-refractivity contribution in [1.82, 2.24) is 0 Å². The zero-order valence-corrected chi connectivity index (χ0v) is 10.6. The second kappa shape index (κ2) is 3.96. The van der Waals surface area contributed by atoms with Crippen LogP contribution >= 0.6 is 11.6 Å². The van der Waals surface area contributed by atoms with E-state index < -0.39 is 18.0 Å². The van der Waals surface area contributed by atoms with Gasteiger partial charge in [0, 0.05) is 17.2 Å². The van der Waals surface area contributed by atoms with Crippen LogP contribution in [0.4, 0.5) is 14.5 Å². The van der Waals surface area contributed by atoms with Crippen molar-refractivity contribution < 1.29 is 13.5 Å². The van der Waals surface area contributed by atoms with Crippen LogP contribution in [0.5, 0.6) is 0 Å². The van der Waals surface area contributed by atoms with Crippen LogP contribution in [0.1, 0.15) is 12.0 Å². The Hall–Kier alpha value is -1.56. The average molecular weight is 288 g/mol. The predicted molar refractivity (Wildman–Crippen MR) is 68.1 cm³/mol. The molecule has 0 radical (unpaired) electrons. The number of hydrogen-bond donors (Lipinski definition) is 2. The van der Waals surface area contributed by atoms with Crippen LogP contribution in [0.2, 0.25) is 5.02 Å². The van der Waals surface area contributed by atoms with Gasteiger partial charge in [-0.2, -0.15) is 0 Å². The number of alkyl halides is 1. The van der Waals surface area contributed by atoms with Crippen LogP contribution in [-0.4, -0.2) is 18.8 Å². The molecule has 7 heteroatoms. The number of rotatable bonds is 2. The van der Waals surface area contributed by atoms with Gasteiger partial charge in [-0.05, 0) is 18.6 Å². The molecule has 0 saturated heterocycles. The van der Waals surface area contributed by atoms with Gasteiger partial charge in [-0.3, -0.25) is 0 Å². The number of benzene rings is 1. The quantitative estimate of drug-likeness (QED) is 0.817. The van der Waals surface area contributed by atoms with Gasteiger partial charge in [-0.15, -0.1) is 0 Å². The van der Waals surface area contributed by atoms with Crippen molar-refractivity contribution in [3.05, 3.63) is 28.5 Å². The van der Waals surface area contributed by atoms with Gasteiger partial charge < -0.3 is 16.2 Å². The maximum atomic E-state index is 14.2. The summed E-state index contributed by atoms with van der Waals surface area (Å²) in [5.74, 6) is -0.949. The Balaban J connectivity index is 2.20. The molecular formula is C12H12ClF2N3O. The lowest BCUT2D eigenvalue weighted by molar-refractivity contribution is 0.168. The molecule has 0 amide bonds. The van der Waals surface area contributed by atoms with E-state index in [1.54, 1.807) is 0 Å². The van der Waals surface area contributed by atoms with Crippen molar-refractivity contribution in [1.29, 1.82) is 0 Å². The third-order valence-corrected chi connectivity index (χ3v) is 3.92. The van der Waals surface area contributed by atoms with Gasteiger partial charge in [-0.1, -0.05) is 11.6 Å². The maximum Gasteiger partial charge on any atom is 0.283 e. The van der Waals surface area contributed by atoms with E-state index in [4.69, 9.17) is 27.8 Å². The van der Waals surface area contributed by atoms with Gasteiger partial charge in [0.15, 0.2) is 0 Å². The van der Waals surface area contributed by atoms with Gasteiger partial charge in [0.2, 0.25) is 0 Å². The third kappa shape index (κ3) is 1.74. The highest BCUT2D eigenvalue weighted by Crippen LogP contribution is 2.54. The summed E-state index contributed by atoms with van der Waals surface area (Å²) in [6.45, 7) is -0.880. The van der Waals surface area contributed by atoms with E-state index in [9.17, 15) is 8.78 Å². The van der Waals surface area contributed by atoms with Crippen LogP contribution in [-0.2, 0) is 10.3 Å². The molecule has 1 aromatic carbocycles. The topological polar surface area (TPSA) is 73.6 Å². The normalized spacial score (nSPS) is 32.3. The molecular weight excluding hydrogens is 276 g/mol. The molecule has 1 heterocycles. The molecule has 1 saturated carbocycles. The second-order valence-corrected chi connectivity index (χ2v) is 5.28. The maximum absolute atomic E-state index is 14.2. The summed E-state index contributed by atoms with van der Waals surface area (Å²) >= 11 is 5.77. The fraction of sp³-hybridized carbons (Fsp3) is 0.417. The zero-order chi connectivity index (χ0) is 13.8. The van der Waals surface area contributed by atoms with Crippen molar-refractivity contribution in [2.75, 3.05) is 12.4 Å². The van der Waals surface area contributed by atoms with Crippen molar-refractivity contribution in [3.63, 3.8) is 0 Å². The highest BCUT2D eigenvalue weighted by atomic mass is 35.5. The molecule has 1 aliphatic heterocycles. The summed E-state index contributed by atoms with van der Waals surface area (Å²) in [7, 11) is 0. The Kier molecular flexibility index (Phi) is 2.60. The van der Waals surface area contributed by atoms with Crippen LogP contribution in [0.25, 0.3) is 0 Å². The van der Waals surface area contributed by atoms with E-state index >= 15 is 0 Å². The molecule has 1 unspecified atom stereocenters. The summed E-state index contributed by atoms with van der Waals surface area (Å²) in [4.78, 5) is 4.01.